The minimum Gasteiger partial charge on any atom is -0.355 e. The SMILES string of the molecule is C[C@H](C(=O)N(C)C)N(Cc1ccccc1Cl)c1ccc(C#N)c(C(F)(F)F)c1. The summed E-state index contributed by atoms with van der Waals surface area (Å²) in [6, 6.07) is 11.2. The van der Waals surface area contributed by atoms with Gasteiger partial charge in [0.25, 0.3) is 0 Å². The van der Waals surface area contributed by atoms with Crippen molar-refractivity contribution in [1.29, 1.82) is 5.26 Å². The number of hydrogen-bond donors (Lipinski definition) is 0. The van der Waals surface area contributed by atoms with E-state index >= 15 is 0 Å². The number of hydrogen-bond acceptors (Lipinski definition) is 3. The first kappa shape index (κ1) is 21.6. The number of rotatable bonds is 5. The van der Waals surface area contributed by atoms with Gasteiger partial charge in [-0.2, -0.15) is 18.4 Å². The molecule has 0 heterocycles. The number of nitrogens with zero attached hydrogens (tertiary/aromatic N) is 3. The Balaban J connectivity index is 2.57. The summed E-state index contributed by atoms with van der Waals surface area (Å²) in [7, 11) is 3.15. The quantitative estimate of drug-likeness (QED) is 0.718. The Morgan fingerprint density at radius 2 is 1.86 bits per heavy atom. The van der Waals surface area contributed by atoms with Gasteiger partial charge in [0.2, 0.25) is 5.91 Å². The van der Waals surface area contributed by atoms with Gasteiger partial charge in [0.05, 0.1) is 17.2 Å². The summed E-state index contributed by atoms with van der Waals surface area (Å²) in [5.41, 5.74) is -0.670. The van der Waals surface area contributed by atoms with Gasteiger partial charge in [-0.05, 0) is 36.8 Å². The molecule has 0 spiro atoms. The molecule has 0 saturated carbocycles. The molecule has 2 rings (SSSR count). The monoisotopic (exact) mass is 409 g/mol. The number of carbonyl (C=O) groups is 1. The summed E-state index contributed by atoms with van der Waals surface area (Å²) in [4.78, 5) is 15.4. The van der Waals surface area contributed by atoms with E-state index in [4.69, 9.17) is 16.9 Å². The van der Waals surface area contributed by atoms with E-state index in [2.05, 4.69) is 0 Å². The van der Waals surface area contributed by atoms with Crippen molar-refractivity contribution >= 4 is 23.2 Å². The zero-order chi connectivity index (χ0) is 21.1. The van der Waals surface area contributed by atoms with E-state index in [1.54, 1.807) is 56.3 Å². The fourth-order valence-electron chi connectivity index (χ4n) is 2.81. The maximum Gasteiger partial charge on any atom is 0.417 e. The second-order valence-corrected chi connectivity index (χ2v) is 6.87. The van der Waals surface area contributed by atoms with E-state index in [-0.39, 0.29) is 18.1 Å². The summed E-state index contributed by atoms with van der Waals surface area (Å²) in [5, 5.41) is 9.46. The highest BCUT2D eigenvalue weighted by Gasteiger charge is 2.35. The van der Waals surface area contributed by atoms with E-state index in [0.29, 0.717) is 10.6 Å². The van der Waals surface area contributed by atoms with Crippen molar-refractivity contribution in [3.05, 3.63) is 64.2 Å². The molecule has 0 aromatic heterocycles. The molecule has 0 aliphatic heterocycles. The molecule has 0 unspecified atom stereocenters. The van der Waals surface area contributed by atoms with Crippen LogP contribution in [0.2, 0.25) is 5.02 Å². The van der Waals surface area contributed by atoms with Crippen molar-refractivity contribution in [1.82, 2.24) is 4.90 Å². The van der Waals surface area contributed by atoms with Crippen molar-refractivity contribution in [2.75, 3.05) is 19.0 Å². The largest absolute Gasteiger partial charge is 0.417 e. The second kappa shape index (κ2) is 8.53. The van der Waals surface area contributed by atoms with Gasteiger partial charge < -0.3 is 9.80 Å². The predicted molar refractivity (Wildman–Crippen MR) is 102 cm³/mol. The third kappa shape index (κ3) is 4.76. The van der Waals surface area contributed by atoms with Crippen molar-refractivity contribution in [2.24, 2.45) is 0 Å². The van der Waals surface area contributed by atoms with E-state index in [9.17, 15) is 18.0 Å². The lowest BCUT2D eigenvalue weighted by atomic mass is 10.0. The van der Waals surface area contributed by atoms with Crippen molar-refractivity contribution in [3.63, 3.8) is 0 Å². The number of nitriles is 1. The van der Waals surface area contributed by atoms with Crippen LogP contribution in [0.5, 0.6) is 0 Å². The topological polar surface area (TPSA) is 47.3 Å². The molecule has 148 valence electrons. The van der Waals surface area contributed by atoms with Crippen molar-refractivity contribution in [2.45, 2.75) is 25.7 Å². The van der Waals surface area contributed by atoms with E-state index in [1.807, 2.05) is 0 Å². The molecule has 2 aromatic rings. The lowest BCUT2D eigenvalue weighted by molar-refractivity contribution is -0.137. The predicted octanol–water partition coefficient (Wildman–Crippen LogP) is 4.71. The van der Waals surface area contributed by atoms with Crippen LogP contribution in [0.15, 0.2) is 42.5 Å². The van der Waals surface area contributed by atoms with Crippen molar-refractivity contribution in [3.8, 4) is 6.07 Å². The summed E-state index contributed by atoms with van der Waals surface area (Å²) >= 11 is 6.21. The number of likely N-dealkylation sites (N-methyl/N-ethyl adjacent to an activating group) is 1. The lowest BCUT2D eigenvalue weighted by Crippen LogP contribution is -2.44. The van der Waals surface area contributed by atoms with Gasteiger partial charge >= 0.3 is 6.18 Å². The summed E-state index contributed by atoms with van der Waals surface area (Å²) in [6.07, 6.45) is -4.69. The van der Waals surface area contributed by atoms with Crippen molar-refractivity contribution < 1.29 is 18.0 Å². The average molecular weight is 410 g/mol. The van der Waals surface area contributed by atoms with Gasteiger partial charge in [0.15, 0.2) is 0 Å². The van der Waals surface area contributed by atoms with Crippen LogP contribution in [0.3, 0.4) is 0 Å². The smallest absolute Gasteiger partial charge is 0.355 e. The molecule has 1 atom stereocenters. The molecule has 0 N–H and O–H groups in total. The van der Waals surface area contributed by atoms with Gasteiger partial charge in [-0.1, -0.05) is 29.8 Å². The second-order valence-electron chi connectivity index (χ2n) is 6.47. The van der Waals surface area contributed by atoms with Crippen LogP contribution >= 0.6 is 11.6 Å². The number of alkyl halides is 3. The fraction of sp³-hybridized carbons (Fsp3) is 0.300. The molecule has 0 bridgehead atoms. The molecule has 0 saturated heterocycles. The Bertz CT molecular complexity index is 906. The van der Waals surface area contributed by atoms with Crippen LogP contribution in [0.4, 0.5) is 18.9 Å². The summed E-state index contributed by atoms with van der Waals surface area (Å²) in [5.74, 6) is -0.273. The van der Waals surface area contributed by atoms with E-state index in [1.165, 1.54) is 11.0 Å². The third-order valence-corrected chi connectivity index (χ3v) is 4.69. The Kier molecular flexibility index (Phi) is 6.57. The van der Waals surface area contributed by atoms with Gasteiger partial charge in [-0.25, -0.2) is 0 Å². The van der Waals surface area contributed by atoms with Crippen LogP contribution in [0.1, 0.15) is 23.6 Å². The van der Waals surface area contributed by atoms with Gasteiger partial charge in [-0.3, -0.25) is 4.79 Å². The highest BCUT2D eigenvalue weighted by Crippen LogP contribution is 2.35. The van der Waals surface area contributed by atoms with Gasteiger partial charge in [-0.15, -0.1) is 0 Å². The molecule has 1 amide bonds. The Morgan fingerprint density at radius 1 is 1.21 bits per heavy atom. The standard InChI is InChI=1S/C20H19ClF3N3O/c1-13(19(28)26(2)3)27(12-15-6-4-5-7-18(15)21)16-9-8-14(11-25)17(10-16)20(22,23)24/h4-10,13H,12H2,1-3H3/t13-/m1/s1. The van der Waals surface area contributed by atoms with E-state index < -0.39 is 23.3 Å². The third-order valence-electron chi connectivity index (χ3n) is 4.32. The molecular formula is C20H19ClF3N3O. The van der Waals surface area contributed by atoms with Gasteiger partial charge in [0, 0.05) is 31.4 Å². The maximum atomic E-state index is 13.4. The summed E-state index contributed by atoms with van der Waals surface area (Å²) < 4.78 is 40.2. The molecule has 4 nitrogen and oxygen atoms in total. The van der Waals surface area contributed by atoms with Crippen LogP contribution in [-0.2, 0) is 17.5 Å². The lowest BCUT2D eigenvalue weighted by Gasteiger charge is -2.33. The average Bonchev–Trinajstić information content (AvgIpc) is 2.65. The zero-order valence-corrected chi connectivity index (χ0v) is 16.3. The normalized spacial score (nSPS) is 12.2. The zero-order valence-electron chi connectivity index (χ0n) is 15.6. The Labute approximate surface area is 166 Å². The molecule has 0 fully saturated rings. The highest BCUT2D eigenvalue weighted by atomic mass is 35.5. The fourth-order valence-corrected chi connectivity index (χ4v) is 3.01. The number of halogens is 4. The molecule has 28 heavy (non-hydrogen) atoms. The Morgan fingerprint density at radius 3 is 2.39 bits per heavy atom. The minimum atomic E-state index is -4.69. The van der Waals surface area contributed by atoms with Crippen LogP contribution < -0.4 is 4.90 Å². The molecule has 0 aliphatic carbocycles. The number of anilines is 1. The van der Waals surface area contributed by atoms with Crippen LogP contribution in [0.25, 0.3) is 0 Å². The number of amides is 1. The molecule has 0 aliphatic rings. The molecule has 2 aromatic carbocycles. The van der Waals surface area contributed by atoms with Crippen LogP contribution in [-0.4, -0.2) is 30.9 Å². The van der Waals surface area contributed by atoms with Crippen LogP contribution in [0, 0.1) is 11.3 Å². The summed E-state index contributed by atoms with van der Waals surface area (Å²) in [6.45, 7) is 1.74. The highest BCUT2D eigenvalue weighted by molar-refractivity contribution is 6.31. The Hall–Kier alpha value is -2.72. The first-order valence-electron chi connectivity index (χ1n) is 8.38. The van der Waals surface area contributed by atoms with E-state index in [0.717, 1.165) is 12.1 Å². The maximum absolute atomic E-state index is 13.4. The van der Waals surface area contributed by atoms with Gasteiger partial charge in [0.1, 0.15) is 6.04 Å². The molecule has 8 heteroatoms. The minimum absolute atomic E-state index is 0.129. The first-order chi connectivity index (χ1) is 13.1. The molecular weight excluding hydrogens is 391 g/mol. The number of carbonyl (C=O) groups excluding carboxylic acids is 1. The first-order valence-corrected chi connectivity index (χ1v) is 8.76. The number of benzene rings is 2. The molecule has 0 radical (unpaired) electrons.